The van der Waals surface area contributed by atoms with E-state index in [1.54, 1.807) is 73.7 Å². The second-order valence-electron chi connectivity index (χ2n) is 35.8. The number of thioether (sulfide) groups is 1. The van der Waals surface area contributed by atoms with Gasteiger partial charge in [0.2, 0.25) is 17.0 Å². The quantitative estimate of drug-likeness (QED) is 0.00202. The number of esters is 2. The topological polar surface area (TPSA) is 346 Å². The van der Waals surface area contributed by atoms with Gasteiger partial charge in [0.15, 0.2) is 14.8 Å². The highest BCUT2D eigenvalue weighted by molar-refractivity contribution is 8.03. The first-order chi connectivity index (χ1) is 68.6. The Morgan fingerprint density at radius 3 is 1.64 bits per heavy atom. The Hall–Kier alpha value is -13.0. The molecular formula is C110H131ClN12O15S4. The lowest BCUT2D eigenvalue weighted by Crippen LogP contribution is -2.41. The lowest BCUT2D eigenvalue weighted by atomic mass is 9.83. The van der Waals surface area contributed by atoms with Crippen molar-refractivity contribution in [3.8, 4) is 69.2 Å². The Labute approximate surface area is 850 Å². The number of phenols is 5. The molecule has 2 amide bonds. The van der Waals surface area contributed by atoms with Crippen LogP contribution in [-0.2, 0) is 35.0 Å². The van der Waals surface area contributed by atoms with Gasteiger partial charge in [0.25, 0.3) is 5.91 Å². The van der Waals surface area contributed by atoms with E-state index < -0.39 is 29.1 Å². The van der Waals surface area contributed by atoms with Gasteiger partial charge in [-0.05, 0) is 240 Å². The standard InChI is InChI=1S/C34H46N2O6S.C27H41NO2.C21H19N3O5S3.C14H12ClN3O.C14H13N3O/c1-4-6-7-8-9-10-11-12-13-33(34(38)36-35-27-14-18-29(19-15-27)40-26(3)5-2)41-30-22-24-32(25-23-30)43(39)42-31-20-16-28(37)17-21-31;1-3-4-5-6-7-8-9-10-11-12-13-14-15-16-21-30-27(29)26(23-28)22-25-19-17-24(2)18-20-25;1-10-11(2)19(28)22-17-13(25)8-14(18(27)16(10)17)31-21-24-23-20(32-21)30-9-15(26)29-12-6-4-3-5-7-12;1-8-5-9(2)14(19)13(6-8)18-16-11-4-3-10(15)7-12(11)17(16)18;1-9-7-10(2)14(18)13(8-9)17-15-11-5-3-4-6-12(11)16(15)17/h14-26,33,35,37H,4-13H2,1-3H3,(H,36,38);17-20,22H,3-16,21H2,1-2H3;3-8,10-11,25,27H,9H2,1-2H3,(H,22,28);3-7,19H,1-2H3;3-8,18H,1-2H3/b;26-22-;;;. The fraction of sp³-hybridized carbons (Fsp3) is 0.373. The van der Waals surface area contributed by atoms with Crippen molar-refractivity contribution < 1.29 is 72.1 Å². The lowest BCUT2D eigenvalue weighted by Gasteiger charge is -2.30. The molecule has 5 atom stereocenters. The highest BCUT2D eigenvalue weighted by Crippen LogP contribution is 2.52. The number of ether oxygens (including phenoxy) is 4. The highest BCUT2D eigenvalue weighted by Gasteiger charge is 2.36. The van der Waals surface area contributed by atoms with E-state index in [0.717, 1.165) is 123 Å². The number of fused-ring (bicyclic) bond motifs is 9. The lowest BCUT2D eigenvalue weighted by molar-refractivity contribution is -0.138. The molecule has 5 aromatic heterocycles. The van der Waals surface area contributed by atoms with Crippen molar-refractivity contribution >= 4 is 121 Å². The minimum Gasteiger partial charge on any atom is -0.508 e. The molecule has 16 rings (SSSR count). The first-order valence-corrected chi connectivity index (χ1v) is 53.1. The number of aryl methyl sites for hydroxylation is 5. The van der Waals surface area contributed by atoms with Gasteiger partial charge >= 0.3 is 11.9 Å². The molecule has 0 saturated carbocycles. The van der Waals surface area contributed by atoms with Gasteiger partial charge in [-0.1, -0.05) is 282 Å². The molecular weight excluding hydrogens is 1890 g/mol. The summed E-state index contributed by atoms with van der Waals surface area (Å²) in [4.78, 5) is 54.1. The fourth-order valence-electron chi connectivity index (χ4n) is 16.2. The number of nitrogens with one attached hydrogen (secondary N) is 3. The third kappa shape index (κ3) is 30.5. The summed E-state index contributed by atoms with van der Waals surface area (Å²) in [5.74, 6) is 0.873. The van der Waals surface area contributed by atoms with Gasteiger partial charge in [0, 0.05) is 16.5 Å². The monoisotopic (exact) mass is 2020 g/mol. The normalized spacial score (nSPS) is 13.4. The van der Waals surface area contributed by atoms with Gasteiger partial charge < -0.3 is 54.0 Å². The van der Waals surface area contributed by atoms with E-state index in [0.29, 0.717) is 65.8 Å². The highest BCUT2D eigenvalue weighted by atomic mass is 35.5. The maximum Gasteiger partial charge on any atom is 0.348 e. The van der Waals surface area contributed by atoms with Crippen LogP contribution in [0.5, 0.6) is 51.7 Å². The van der Waals surface area contributed by atoms with Gasteiger partial charge in [0.1, 0.15) is 96.8 Å². The van der Waals surface area contributed by atoms with Crippen molar-refractivity contribution in [1.82, 2.24) is 43.7 Å². The number of amides is 2. The summed E-state index contributed by atoms with van der Waals surface area (Å²) < 4.78 is 49.8. The second kappa shape index (κ2) is 53.7. The average molecular weight is 2030 g/mol. The number of nitrogens with zero attached hydrogens (tertiary/aromatic N) is 9. The predicted molar refractivity (Wildman–Crippen MR) is 566 cm³/mol. The Balaban J connectivity index is 0.000000163. The molecule has 27 nitrogen and oxygen atoms in total. The molecule has 1 aliphatic heterocycles. The van der Waals surface area contributed by atoms with Gasteiger partial charge in [-0.25, -0.2) is 9.00 Å². The van der Waals surface area contributed by atoms with Gasteiger partial charge in [-0.3, -0.25) is 25.2 Å². The number of hydrogen-bond acceptors (Lipinski definition) is 22. The van der Waals surface area contributed by atoms with Crippen molar-refractivity contribution in [1.29, 1.82) is 5.26 Å². The maximum atomic E-state index is 13.2. The molecule has 752 valence electrons. The SMILES string of the molecule is CC1C(=O)Nc2c(O)cc(Sc3nnc(SCC(=O)Oc4ccccc4)s3)c(O)c2C1C.CCCCCCCCCCC(Oc1ccc(S(=O)Oc2ccc(O)cc2)cc1)C(=O)NNc1ccc(OC(C)CC)cc1.CCCCCCCCCCCCCCCCOC(=O)/C(C#N)=C\c1ccc(C)cc1.Cc1cc(C)c(O)c(-n2n3c4ccc(Cl)cc4n23)c1.Cc1cc(C)c(O)c(-n2n3c4ccccc4n23)c1. The number of phenolic OH excluding ortho intramolecular Hbond substituents is 5. The van der Waals surface area contributed by atoms with E-state index >= 15 is 0 Å². The van der Waals surface area contributed by atoms with Crippen LogP contribution in [-0.4, -0.2) is 116 Å². The largest absolute Gasteiger partial charge is 0.508 e. The van der Waals surface area contributed by atoms with Crippen LogP contribution in [0.2, 0.25) is 5.02 Å². The van der Waals surface area contributed by atoms with Gasteiger partial charge in [0.05, 0.1) is 39.6 Å². The number of aromatic nitrogens is 8. The zero-order valence-electron chi connectivity index (χ0n) is 82.7. The summed E-state index contributed by atoms with van der Waals surface area (Å²) in [5.41, 5.74) is 19.5. The molecule has 0 bridgehead atoms. The zero-order valence-corrected chi connectivity index (χ0v) is 86.7. The van der Waals surface area contributed by atoms with E-state index in [1.807, 2.05) is 192 Å². The molecule has 0 aliphatic carbocycles. The third-order valence-electron chi connectivity index (χ3n) is 24.5. The van der Waals surface area contributed by atoms with Gasteiger partial charge in [-0.15, -0.1) is 38.3 Å². The number of rotatable bonds is 45. The third-order valence-corrected chi connectivity index (χ3v) is 28.8. The van der Waals surface area contributed by atoms with E-state index in [1.165, 1.54) is 161 Å². The van der Waals surface area contributed by atoms with E-state index in [2.05, 4.69) is 59.3 Å². The van der Waals surface area contributed by atoms with Crippen LogP contribution in [0, 0.1) is 51.9 Å². The molecule has 0 fully saturated rings. The van der Waals surface area contributed by atoms with Crippen LogP contribution in [0.4, 0.5) is 11.4 Å². The molecule has 15 aromatic rings. The molecule has 0 saturated heterocycles. The molecule has 0 spiro atoms. The van der Waals surface area contributed by atoms with E-state index in [-0.39, 0.29) is 64.0 Å². The second-order valence-corrected chi connectivity index (χ2v) is 40.8. The van der Waals surface area contributed by atoms with Crippen LogP contribution in [0.1, 0.15) is 241 Å². The minimum absolute atomic E-state index is 0.00186. The van der Waals surface area contributed by atoms with Crippen LogP contribution < -0.4 is 34.6 Å². The molecule has 8 N–H and O–H groups in total. The molecule has 10 aromatic carbocycles. The first kappa shape index (κ1) is 108. The number of nitriles is 1. The van der Waals surface area contributed by atoms with Crippen molar-refractivity contribution in [2.45, 2.75) is 267 Å². The number of carbonyl (C=O) groups is 4. The Morgan fingerprint density at radius 1 is 0.563 bits per heavy atom. The molecule has 1 aliphatic rings. The number of carbonyl (C=O) groups excluding carboxylic acids is 4. The Kier molecular flexibility index (Phi) is 40.8. The number of benzene rings is 10. The molecule has 6 heterocycles. The summed E-state index contributed by atoms with van der Waals surface area (Å²) in [6.07, 6.45) is 30.0. The van der Waals surface area contributed by atoms with Crippen LogP contribution in [0.3, 0.4) is 0 Å². The van der Waals surface area contributed by atoms with Crippen molar-refractivity contribution in [2.24, 2.45) is 5.92 Å². The number of anilines is 2. The number of hydrogen-bond donors (Lipinski definition) is 8. The number of halogens is 1. The van der Waals surface area contributed by atoms with Crippen molar-refractivity contribution in [2.75, 3.05) is 23.1 Å². The molecule has 32 heteroatoms. The predicted octanol–water partition coefficient (Wildman–Crippen LogP) is 26.6. The smallest absolute Gasteiger partial charge is 0.348 e. The Morgan fingerprint density at radius 2 is 1.08 bits per heavy atom. The van der Waals surface area contributed by atoms with Crippen LogP contribution in [0.15, 0.2) is 224 Å². The summed E-state index contributed by atoms with van der Waals surface area (Å²) in [6, 6.07) is 61.9. The maximum absolute atomic E-state index is 13.2. The van der Waals surface area contributed by atoms with E-state index in [9.17, 15) is 54.2 Å². The summed E-state index contributed by atoms with van der Waals surface area (Å²) in [5, 5.41) is 71.8. The van der Waals surface area contributed by atoms with Crippen LogP contribution in [0.25, 0.3) is 39.5 Å². The molecule has 5 unspecified atom stereocenters. The van der Waals surface area contributed by atoms with Crippen molar-refractivity contribution in [3.05, 3.63) is 250 Å². The number of hydrazine groups is 1. The van der Waals surface area contributed by atoms with E-state index in [4.69, 9.17) is 34.7 Å². The van der Waals surface area contributed by atoms with Crippen LogP contribution >= 0.6 is 46.5 Å². The summed E-state index contributed by atoms with van der Waals surface area (Å²) >= 11 is 7.88. The zero-order chi connectivity index (χ0) is 101. The first-order valence-electron chi connectivity index (χ1n) is 49.1. The summed E-state index contributed by atoms with van der Waals surface area (Å²) in [7, 11) is 0. The fourth-order valence-corrected chi connectivity index (χ4v) is 19.9. The number of unbranched alkanes of at least 4 members (excludes halogenated alkanes) is 20. The minimum atomic E-state index is -1.75. The molecule has 142 heavy (non-hydrogen) atoms. The van der Waals surface area contributed by atoms with Gasteiger partial charge in [-0.2, -0.15) is 5.26 Å². The number of para-hydroxylation sites is 3. The Bertz CT molecular complexity index is 6610. The van der Waals surface area contributed by atoms with Crippen molar-refractivity contribution in [3.63, 3.8) is 0 Å². The molecule has 0 radical (unpaired) electrons. The number of aromatic hydroxyl groups is 5. The summed E-state index contributed by atoms with van der Waals surface area (Å²) in [6.45, 7) is 22.5. The average Bonchev–Trinajstić information content (AvgIpc) is 1.51.